The molecule has 1 fully saturated rings. The minimum Gasteiger partial charge on any atom is -0.490 e. The molecule has 0 amide bonds. The van der Waals surface area contributed by atoms with Crippen molar-refractivity contribution in [3.05, 3.63) is 29.8 Å². The van der Waals surface area contributed by atoms with Gasteiger partial charge in [-0.25, -0.2) is 0 Å². The summed E-state index contributed by atoms with van der Waals surface area (Å²) in [7, 11) is 0. The minimum absolute atomic E-state index is 0.0288. The normalized spacial score (nSPS) is 19.4. The average molecular weight is 232 g/mol. The predicted octanol–water partition coefficient (Wildman–Crippen LogP) is 2.32. The Bertz CT molecular complexity index is 420. The van der Waals surface area contributed by atoms with Crippen molar-refractivity contribution >= 4 is 11.6 Å². The van der Waals surface area contributed by atoms with Crippen LogP contribution in [0, 0.1) is 0 Å². The van der Waals surface area contributed by atoms with E-state index in [1.165, 1.54) is 0 Å². The average Bonchev–Trinajstić information content (AvgIpc) is 2.66. The molecule has 3 nitrogen and oxygen atoms in total. The lowest BCUT2D eigenvalue weighted by molar-refractivity contribution is -0.118. The van der Waals surface area contributed by atoms with Gasteiger partial charge in [0.25, 0.3) is 0 Å². The molecule has 1 aliphatic rings. The zero-order valence-corrected chi connectivity index (χ0v) is 9.94. The molecule has 0 aliphatic heterocycles. The fourth-order valence-corrected chi connectivity index (χ4v) is 2.05. The zero-order valence-electron chi connectivity index (χ0n) is 9.94. The van der Waals surface area contributed by atoms with Crippen molar-refractivity contribution in [3.63, 3.8) is 0 Å². The Labute approximate surface area is 101 Å². The van der Waals surface area contributed by atoms with Gasteiger partial charge in [-0.3, -0.25) is 9.59 Å². The lowest BCUT2D eigenvalue weighted by Crippen LogP contribution is -2.12. The van der Waals surface area contributed by atoms with Gasteiger partial charge in [0.15, 0.2) is 0 Å². The first-order valence-corrected chi connectivity index (χ1v) is 5.90. The summed E-state index contributed by atoms with van der Waals surface area (Å²) in [6.07, 6.45) is 2.46. The Morgan fingerprint density at radius 2 is 2.06 bits per heavy atom. The summed E-state index contributed by atoms with van der Waals surface area (Å²) in [4.78, 5) is 22.0. The second-order valence-corrected chi connectivity index (χ2v) is 4.54. The third-order valence-corrected chi connectivity index (χ3v) is 2.88. The molecule has 1 atom stereocenters. The predicted molar refractivity (Wildman–Crippen MR) is 64.1 cm³/mol. The van der Waals surface area contributed by atoms with Gasteiger partial charge in [0.1, 0.15) is 23.4 Å². The fourth-order valence-electron chi connectivity index (χ4n) is 2.05. The smallest absolute Gasteiger partial charge is 0.136 e. The van der Waals surface area contributed by atoms with E-state index in [1.807, 2.05) is 24.3 Å². The Morgan fingerprint density at radius 1 is 1.35 bits per heavy atom. The van der Waals surface area contributed by atoms with Crippen LogP contribution < -0.4 is 4.74 Å². The Morgan fingerprint density at radius 3 is 2.59 bits per heavy atom. The molecule has 17 heavy (non-hydrogen) atoms. The molecule has 1 unspecified atom stereocenters. The number of benzene rings is 1. The van der Waals surface area contributed by atoms with Crippen molar-refractivity contribution in [2.24, 2.45) is 0 Å². The van der Waals surface area contributed by atoms with Gasteiger partial charge in [-0.15, -0.1) is 0 Å². The van der Waals surface area contributed by atoms with Crippen molar-refractivity contribution in [1.29, 1.82) is 0 Å². The number of rotatable bonds is 4. The highest BCUT2D eigenvalue weighted by molar-refractivity contribution is 5.81. The monoisotopic (exact) mass is 232 g/mol. The van der Waals surface area contributed by atoms with Gasteiger partial charge in [0.05, 0.1) is 0 Å². The van der Waals surface area contributed by atoms with Crippen molar-refractivity contribution in [2.75, 3.05) is 0 Å². The molecule has 0 radical (unpaired) electrons. The number of carbonyl (C=O) groups is 2. The molecular formula is C14H16O3. The third kappa shape index (κ3) is 3.41. The molecule has 1 aliphatic carbocycles. The second-order valence-electron chi connectivity index (χ2n) is 4.54. The number of Topliss-reactive ketones (excluding diaryl/α,β-unsaturated/α-hetero) is 2. The molecule has 0 bridgehead atoms. The highest BCUT2D eigenvalue weighted by atomic mass is 16.5. The Hall–Kier alpha value is -1.64. The molecule has 1 aromatic carbocycles. The van der Waals surface area contributed by atoms with Crippen molar-refractivity contribution in [3.8, 4) is 5.75 Å². The van der Waals surface area contributed by atoms with Gasteiger partial charge in [0.2, 0.25) is 0 Å². The van der Waals surface area contributed by atoms with Crippen LogP contribution in [0.2, 0.25) is 0 Å². The molecule has 0 heterocycles. The van der Waals surface area contributed by atoms with Crippen LogP contribution in [0.3, 0.4) is 0 Å². The highest BCUT2D eigenvalue weighted by Crippen LogP contribution is 2.22. The van der Waals surface area contributed by atoms with E-state index in [9.17, 15) is 9.59 Å². The van der Waals surface area contributed by atoms with Crippen LogP contribution in [0.5, 0.6) is 5.75 Å². The maximum Gasteiger partial charge on any atom is 0.136 e. The van der Waals surface area contributed by atoms with Gasteiger partial charge in [0, 0.05) is 19.3 Å². The lowest BCUT2D eigenvalue weighted by Gasteiger charge is -2.12. The van der Waals surface area contributed by atoms with Crippen LogP contribution in [0.25, 0.3) is 0 Å². The second kappa shape index (κ2) is 5.13. The van der Waals surface area contributed by atoms with Crippen molar-refractivity contribution in [2.45, 2.75) is 38.7 Å². The first-order valence-electron chi connectivity index (χ1n) is 5.90. The standard InChI is InChI=1S/C14H16O3/c1-10(15)8-11-2-5-13(6-3-11)17-14-7-4-12(16)9-14/h2-3,5-6,14H,4,7-9H2,1H3. The minimum atomic E-state index is 0.0288. The highest BCUT2D eigenvalue weighted by Gasteiger charge is 2.23. The molecule has 1 aromatic rings. The van der Waals surface area contributed by atoms with E-state index in [0.717, 1.165) is 17.7 Å². The van der Waals surface area contributed by atoms with E-state index >= 15 is 0 Å². The van der Waals surface area contributed by atoms with Crippen LogP contribution in [-0.4, -0.2) is 17.7 Å². The number of carbonyl (C=O) groups excluding carboxylic acids is 2. The van der Waals surface area contributed by atoms with E-state index in [4.69, 9.17) is 4.74 Å². The molecule has 2 rings (SSSR count). The Kier molecular flexibility index (Phi) is 3.57. The summed E-state index contributed by atoms with van der Waals surface area (Å²) in [6.45, 7) is 1.58. The topological polar surface area (TPSA) is 43.4 Å². The van der Waals surface area contributed by atoms with Crippen LogP contribution in [0.1, 0.15) is 31.7 Å². The number of hydrogen-bond donors (Lipinski definition) is 0. The van der Waals surface area contributed by atoms with E-state index in [0.29, 0.717) is 19.3 Å². The maximum atomic E-state index is 11.1. The summed E-state index contributed by atoms with van der Waals surface area (Å²) in [5.74, 6) is 1.21. The molecule has 0 aromatic heterocycles. The quantitative estimate of drug-likeness (QED) is 0.800. The lowest BCUT2D eigenvalue weighted by atomic mass is 10.1. The third-order valence-electron chi connectivity index (χ3n) is 2.88. The van der Waals surface area contributed by atoms with E-state index in [1.54, 1.807) is 6.92 Å². The molecule has 0 N–H and O–H groups in total. The largest absolute Gasteiger partial charge is 0.490 e. The molecule has 1 saturated carbocycles. The van der Waals surface area contributed by atoms with Gasteiger partial charge in [-0.05, 0) is 31.0 Å². The maximum absolute atomic E-state index is 11.1. The molecule has 0 saturated heterocycles. The molecule has 3 heteroatoms. The van der Waals surface area contributed by atoms with Crippen molar-refractivity contribution in [1.82, 2.24) is 0 Å². The zero-order chi connectivity index (χ0) is 12.3. The summed E-state index contributed by atoms with van der Waals surface area (Å²) in [6, 6.07) is 7.52. The first kappa shape index (κ1) is 11.8. The van der Waals surface area contributed by atoms with Crippen LogP contribution >= 0.6 is 0 Å². The number of ether oxygens (including phenoxy) is 1. The summed E-state index contributed by atoms with van der Waals surface area (Å²) in [5.41, 5.74) is 0.993. The van der Waals surface area contributed by atoms with Gasteiger partial charge >= 0.3 is 0 Å². The molecular weight excluding hydrogens is 216 g/mol. The van der Waals surface area contributed by atoms with Crippen LogP contribution in [-0.2, 0) is 16.0 Å². The molecule has 0 spiro atoms. The van der Waals surface area contributed by atoms with Crippen LogP contribution in [0.15, 0.2) is 24.3 Å². The Balaban J connectivity index is 1.93. The van der Waals surface area contributed by atoms with Gasteiger partial charge in [-0.2, -0.15) is 0 Å². The summed E-state index contributed by atoms with van der Waals surface area (Å²) >= 11 is 0. The van der Waals surface area contributed by atoms with Gasteiger partial charge < -0.3 is 4.74 Å². The van der Waals surface area contributed by atoms with Crippen LogP contribution in [0.4, 0.5) is 0 Å². The molecule has 90 valence electrons. The summed E-state index contributed by atoms with van der Waals surface area (Å²) in [5, 5.41) is 0. The fraction of sp³-hybridized carbons (Fsp3) is 0.429. The van der Waals surface area contributed by atoms with E-state index in [-0.39, 0.29) is 17.7 Å². The number of ketones is 2. The summed E-state index contributed by atoms with van der Waals surface area (Å²) < 4.78 is 5.70. The van der Waals surface area contributed by atoms with Crippen molar-refractivity contribution < 1.29 is 14.3 Å². The van der Waals surface area contributed by atoms with E-state index in [2.05, 4.69) is 0 Å². The van der Waals surface area contributed by atoms with Gasteiger partial charge in [-0.1, -0.05) is 12.1 Å². The van der Waals surface area contributed by atoms with E-state index < -0.39 is 0 Å². The first-order chi connectivity index (χ1) is 8.13. The SMILES string of the molecule is CC(=O)Cc1ccc(OC2CCC(=O)C2)cc1. The number of hydrogen-bond acceptors (Lipinski definition) is 3.